The minimum Gasteiger partial charge on any atom is -0.477 e. The third-order valence-electron chi connectivity index (χ3n) is 10.8. The van der Waals surface area contributed by atoms with E-state index in [4.69, 9.17) is 18.9 Å². The summed E-state index contributed by atoms with van der Waals surface area (Å²) in [6.45, 7) is 4.82. The van der Waals surface area contributed by atoms with Crippen LogP contribution in [-0.2, 0) is 33.3 Å². The number of quaternary nitrogens is 1. The van der Waals surface area contributed by atoms with Crippen LogP contribution in [0, 0.1) is 0 Å². The molecule has 0 aromatic heterocycles. The fourth-order valence-electron chi connectivity index (χ4n) is 6.95. The molecule has 2 atom stereocenters. The maximum absolute atomic E-state index is 12.7. The maximum atomic E-state index is 12.7. The molecule has 0 aromatic carbocycles. The predicted octanol–water partition coefficient (Wildman–Crippen LogP) is 13.1. The number of rotatable bonds is 45. The van der Waals surface area contributed by atoms with Crippen LogP contribution in [0.25, 0.3) is 0 Å². The van der Waals surface area contributed by atoms with Crippen LogP contribution in [0.4, 0.5) is 0 Å². The molecule has 1 N–H and O–H groups in total. The largest absolute Gasteiger partial charge is 0.477 e. The van der Waals surface area contributed by atoms with E-state index in [1.165, 1.54) is 161 Å². The first kappa shape index (κ1) is 56.0. The van der Waals surface area contributed by atoms with E-state index >= 15 is 0 Å². The number of unbranched alkanes of at least 4 members (excludes halogenated alkanes) is 28. The molecule has 0 heterocycles. The first-order valence-corrected chi connectivity index (χ1v) is 24.4. The summed E-state index contributed by atoms with van der Waals surface area (Å²) >= 11 is 0. The molecular weight excluding hydrogens is 731 g/mol. The van der Waals surface area contributed by atoms with Gasteiger partial charge < -0.3 is 28.5 Å². The SMILES string of the molecule is CCCCCCCCCC/C=C\CCCCCCCCCCCCCCCCCC(=O)OC(COC(=O)CCCCCCCC)COC(OCC[N+](C)(C)C)C(=O)O. The lowest BCUT2D eigenvalue weighted by Gasteiger charge is -2.25. The Bertz CT molecular complexity index is 965. The van der Waals surface area contributed by atoms with Crippen molar-refractivity contribution in [2.75, 3.05) is 47.5 Å². The number of carboxylic acids is 1. The molecule has 0 saturated heterocycles. The first-order valence-electron chi connectivity index (χ1n) is 24.4. The second kappa shape index (κ2) is 41.8. The number of hydrogen-bond acceptors (Lipinski definition) is 7. The molecule has 9 nitrogen and oxygen atoms in total. The Balaban J connectivity index is 4.05. The van der Waals surface area contributed by atoms with Crippen molar-refractivity contribution in [3.05, 3.63) is 12.2 Å². The van der Waals surface area contributed by atoms with Gasteiger partial charge in [-0.05, 0) is 38.5 Å². The van der Waals surface area contributed by atoms with Gasteiger partial charge in [-0.2, -0.15) is 0 Å². The van der Waals surface area contributed by atoms with Crippen LogP contribution in [0.5, 0.6) is 0 Å². The second-order valence-electron chi connectivity index (χ2n) is 17.8. The Labute approximate surface area is 357 Å². The molecule has 0 aromatic rings. The van der Waals surface area contributed by atoms with Crippen LogP contribution >= 0.6 is 0 Å². The highest BCUT2D eigenvalue weighted by molar-refractivity contribution is 5.71. The van der Waals surface area contributed by atoms with Gasteiger partial charge in [0, 0.05) is 12.8 Å². The van der Waals surface area contributed by atoms with Crippen molar-refractivity contribution in [3.8, 4) is 0 Å². The van der Waals surface area contributed by atoms with Crippen molar-refractivity contribution in [2.45, 2.75) is 238 Å². The van der Waals surface area contributed by atoms with E-state index in [0.717, 1.165) is 38.5 Å². The number of nitrogens with zero attached hydrogens (tertiary/aromatic N) is 1. The molecule has 0 saturated carbocycles. The van der Waals surface area contributed by atoms with Crippen molar-refractivity contribution < 1.29 is 42.9 Å². The molecule has 0 aliphatic carbocycles. The fourth-order valence-corrected chi connectivity index (χ4v) is 6.95. The summed E-state index contributed by atoms with van der Waals surface area (Å²) in [5, 5.41) is 9.60. The average molecular weight is 825 g/mol. The van der Waals surface area contributed by atoms with E-state index in [9.17, 15) is 19.5 Å². The van der Waals surface area contributed by atoms with E-state index in [2.05, 4.69) is 26.0 Å². The normalized spacial score (nSPS) is 12.9. The fraction of sp³-hybridized carbons (Fsp3) is 0.898. The van der Waals surface area contributed by atoms with E-state index in [1.807, 2.05) is 21.1 Å². The third-order valence-corrected chi connectivity index (χ3v) is 10.8. The van der Waals surface area contributed by atoms with Crippen molar-refractivity contribution in [1.82, 2.24) is 0 Å². The lowest BCUT2D eigenvalue weighted by molar-refractivity contribution is -0.870. The van der Waals surface area contributed by atoms with Gasteiger partial charge in [0.1, 0.15) is 13.2 Å². The average Bonchev–Trinajstić information content (AvgIpc) is 3.18. The molecule has 0 amide bonds. The summed E-state index contributed by atoms with van der Waals surface area (Å²) in [6, 6.07) is 0. The number of aliphatic carboxylic acids is 1. The van der Waals surface area contributed by atoms with E-state index in [-0.39, 0.29) is 32.2 Å². The topological polar surface area (TPSA) is 108 Å². The lowest BCUT2D eigenvalue weighted by atomic mass is 10.0. The number of carbonyl (C=O) groups excluding carboxylic acids is 2. The quantitative estimate of drug-likeness (QED) is 0.0213. The summed E-state index contributed by atoms with van der Waals surface area (Å²) < 4.78 is 22.6. The van der Waals surface area contributed by atoms with Crippen LogP contribution in [0.3, 0.4) is 0 Å². The molecule has 342 valence electrons. The smallest absolute Gasteiger partial charge is 0.361 e. The van der Waals surface area contributed by atoms with E-state index < -0.39 is 24.3 Å². The zero-order valence-electron chi connectivity index (χ0n) is 38.7. The number of allylic oxidation sites excluding steroid dienone is 2. The van der Waals surface area contributed by atoms with Gasteiger partial charge in [0.25, 0.3) is 6.29 Å². The van der Waals surface area contributed by atoms with Gasteiger partial charge in [0.2, 0.25) is 0 Å². The molecule has 9 heteroatoms. The van der Waals surface area contributed by atoms with Crippen molar-refractivity contribution in [1.29, 1.82) is 0 Å². The Hall–Kier alpha value is -1.97. The second-order valence-corrected chi connectivity index (χ2v) is 17.8. The minimum absolute atomic E-state index is 0.177. The number of ether oxygens (including phenoxy) is 4. The maximum Gasteiger partial charge on any atom is 0.361 e. The van der Waals surface area contributed by atoms with Crippen molar-refractivity contribution >= 4 is 17.9 Å². The van der Waals surface area contributed by atoms with Crippen LogP contribution < -0.4 is 0 Å². The molecule has 2 unspecified atom stereocenters. The molecule has 0 bridgehead atoms. The van der Waals surface area contributed by atoms with Gasteiger partial charge in [-0.25, -0.2) is 4.79 Å². The number of likely N-dealkylation sites (N-methyl/N-ethyl adjacent to an activating group) is 1. The van der Waals surface area contributed by atoms with Crippen molar-refractivity contribution in [3.63, 3.8) is 0 Å². The number of carboxylic acid groups (broad SMARTS) is 1. The van der Waals surface area contributed by atoms with Crippen molar-refractivity contribution in [2.24, 2.45) is 0 Å². The Morgan fingerprint density at radius 2 is 0.879 bits per heavy atom. The Morgan fingerprint density at radius 1 is 0.500 bits per heavy atom. The molecule has 0 rings (SSSR count). The molecule has 0 spiro atoms. The predicted molar refractivity (Wildman–Crippen MR) is 240 cm³/mol. The van der Waals surface area contributed by atoms with Gasteiger partial charge in [-0.3, -0.25) is 9.59 Å². The Morgan fingerprint density at radius 3 is 1.28 bits per heavy atom. The molecular formula is C49H94NO8+. The van der Waals surface area contributed by atoms with Gasteiger partial charge in [-0.15, -0.1) is 0 Å². The highest BCUT2D eigenvalue weighted by Gasteiger charge is 2.25. The highest BCUT2D eigenvalue weighted by atomic mass is 16.7. The zero-order chi connectivity index (χ0) is 42.8. The summed E-state index contributed by atoms with van der Waals surface area (Å²) in [5.41, 5.74) is 0. The summed E-state index contributed by atoms with van der Waals surface area (Å²) in [7, 11) is 5.95. The zero-order valence-corrected chi connectivity index (χ0v) is 38.7. The van der Waals surface area contributed by atoms with Crippen LogP contribution in [-0.4, -0.2) is 87.4 Å². The number of carbonyl (C=O) groups is 3. The monoisotopic (exact) mass is 825 g/mol. The molecule has 0 fully saturated rings. The van der Waals surface area contributed by atoms with Gasteiger partial charge in [0.05, 0.1) is 34.4 Å². The molecule has 58 heavy (non-hydrogen) atoms. The highest BCUT2D eigenvalue weighted by Crippen LogP contribution is 2.16. The van der Waals surface area contributed by atoms with Gasteiger partial charge in [0.15, 0.2) is 6.10 Å². The number of esters is 2. The summed E-state index contributed by atoms with van der Waals surface area (Å²) in [6.07, 6.45) is 41.8. The standard InChI is InChI=1S/C49H93NO8/c1-6-8-10-12-14-15-16-17-18-19-20-21-22-23-24-25-26-27-28-29-30-31-32-33-34-36-38-40-47(52)58-45(43-56-46(51)39-37-35-13-11-9-7-2)44-57-49(48(53)54)55-42-41-50(3,4)5/h19-20,45,49H,6-18,21-44H2,1-5H3/p+1/b20-19-. The molecule has 0 radical (unpaired) electrons. The Kier molecular flexibility index (Phi) is 40.3. The summed E-state index contributed by atoms with van der Waals surface area (Å²) in [4.78, 5) is 36.9. The van der Waals surface area contributed by atoms with E-state index in [0.29, 0.717) is 17.4 Å². The summed E-state index contributed by atoms with van der Waals surface area (Å²) in [5.74, 6) is -2.00. The minimum atomic E-state index is -1.50. The number of hydrogen-bond donors (Lipinski definition) is 1. The molecule has 0 aliphatic heterocycles. The van der Waals surface area contributed by atoms with Gasteiger partial charge >= 0.3 is 17.9 Å². The molecule has 0 aliphatic rings. The van der Waals surface area contributed by atoms with Gasteiger partial charge in [-0.1, -0.05) is 187 Å². The van der Waals surface area contributed by atoms with Crippen LogP contribution in [0.2, 0.25) is 0 Å². The third kappa shape index (κ3) is 42.2. The first-order chi connectivity index (χ1) is 28.1. The van der Waals surface area contributed by atoms with Crippen LogP contribution in [0.15, 0.2) is 12.2 Å². The van der Waals surface area contributed by atoms with E-state index in [1.54, 1.807) is 0 Å². The van der Waals surface area contributed by atoms with Crippen LogP contribution in [0.1, 0.15) is 226 Å². The lowest BCUT2D eigenvalue weighted by Crippen LogP contribution is -2.40.